The topological polar surface area (TPSA) is 62.2 Å². The third-order valence-corrected chi connectivity index (χ3v) is 4.24. The number of hydrogen-bond donors (Lipinski definition) is 2. The fraction of sp³-hybridized carbons (Fsp3) is 0.231. The summed E-state index contributed by atoms with van der Waals surface area (Å²) in [6.45, 7) is 3.64. The van der Waals surface area contributed by atoms with E-state index in [0.29, 0.717) is 10.0 Å². The van der Waals surface area contributed by atoms with Gasteiger partial charge in [-0.25, -0.2) is 4.98 Å². The maximum atomic E-state index is 12.0. The third-order valence-electron chi connectivity index (χ3n) is 2.26. The average molecular weight is 292 g/mol. The Balaban J connectivity index is 2.15. The molecule has 2 heterocycles. The number of amides is 1. The molecule has 2 aromatic heterocycles. The SMILES string of the molecule is Cc1cnc(NC(=O)c2cc(C)c(C#CCO)s2)s1. The Labute approximate surface area is 119 Å². The van der Waals surface area contributed by atoms with Crippen molar-refractivity contribution in [1.82, 2.24) is 4.98 Å². The highest BCUT2D eigenvalue weighted by atomic mass is 32.1. The first-order chi connectivity index (χ1) is 9.10. The summed E-state index contributed by atoms with van der Waals surface area (Å²) in [6, 6.07) is 1.79. The summed E-state index contributed by atoms with van der Waals surface area (Å²) in [4.78, 5) is 18.6. The van der Waals surface area contributed by atoms with Gasteiger partial charge in [-0.15, -0.1) is 22.7 Å². The zero-order valence-electron chi connectivity index (χ0n) is 10.5. The smallest absolute Gasteiger partial charge is 0.267 e. The number of aromatic nitrogens is 1. The van der Waals surface area contributed by atoms with Crippen LogP contribution in [0.2, 0.25) is 0 Å². The van der Waals surface area contributed by atoms with Crippen molar-refractivity contribution in [2.45, 2.75) is 13.8 Å². The molecule has 19 heavy (non-hydrogen) atoms. The van der Waals surface area contributed by atoms with E-state index in [0.717, 1.165) is 15.3 Å². The third kappa shape index (κ3) is 3.41. The van der Waals surface area contributed by atoms with Gasteiger partial charge in [-0.2, -0.15) is 0 Å². The fourth-order valence-corrected chi connectivity index (χ4v) is 3.01. The number of rotatable bonds is 2. The van der Waals surface area contributed by atoms with Crippen LogP contribution >= 0.6 is 22.7 Å². The van der Waals surface area contributed by atoms with Crippen LogP contribution < -0.4 is 5.32 Å². The summed E-state index contributed by atoms with van der Waals surface area (Å²) in [6.07, 6.45) is 1.72. The largest absolute Gasteiger partial charge is 0.384 e. The molecular formula is C13H12N2O2S2. The molecular weight excluding hydrogens is 280 g/mol. The van der Waals surface area contributed by atoms with Gasteiger partial charge in [0.05, 0.1) is 9.75 Å². The molecule has 0 aliphatic heterocycles. The zero-order valence-corrected chi connectivity index (χ0v) is 12.1. The Bertz CT molecular complexity index is 662. The summed E-state index contributed by atoms with van der Waals surface area (Å²) < 4.78 is 0. The van der Waals surface area contributed by atoms with Crippen molar-refractivity contribution in [2.75, 3.05) is 11.9 Å². The Morgan fingerprint density at radius 1 is 1.47 bits per heavy atom. The van der Waals surface area contributed by atoms with Gasteiger partial charge in [0.1, 0.15) is 6.61 Å². The molecule has 0 aromatic carbocycles. The molecule has 1 amide bonds. The molecule has 0 atom stereocenters. The lowest BCUT2D eigenvalue weighted by molar-refractivity contribution is 0.103. The Morgan fingerprint density at radius 2 is 2.26 bits per heavy atom. The van der Waals surface area contributed by atoms with Crippen LogP contribution in [-0.4, -0.2) is 22.6 Å². The van der Waals surface area contributed by atoms with E-state index in [1.54, 1.807) is 12.3 Å². The molecule has 0 saturated heterocycles. The molecule has 0 aliphatic rings. The van der Waals surface area contributed by atoms with Gasteiger partial charge in [-0.3, -0.25) is 10.1 Å². The zero-order chi connectivity index (χ0) is 13.8. The van der Waals surface area contributed by atoms with Gasteiger partial charge < -0.3 is 5.11 Å². The van der Waals surface area contributed by atoms with Crippen molar-refractivity contribution in [3.63, 3.8) is 0 Å². The number of aryl methyl sites for hydroxylation is 2. The van der Waals surface area contributed by atoms with Gasteiger partial charge in [0, 0.05) is 11.1 Å². The first-order valence-corrected chi connectivity index (χ1v) is 7.17. The highest BCUT2D eigenvalue weighted by molar-refractivity contribution is 7.16. The standard InChI is InChI=1S/C13H12N2O2S2/c1-8-6-11(19-10(8)4-3-5-16)12(17)15-13-14-7-9(2)18-13/h6-7,16H,5H2,1-2H3,(H,14,15,17). The number of carbonyl (C=O) groups excluding carboxylic acids is 1. The molecule has 0 saturated carbocycles. The van der Waals surface area contributed by atoms with Crippen LogP contribution in [-0.2, 0) is 0 Å². The van der Waals surface area contributed by atoms with Gasteiger partial charge in [-0.1, -0.05) is 11.8 Å². The predicted octanol–water partition coefficient (Wildman–Crippen LogP) is 2.42. The number of thiophene rings is 1. The molecule has 0 radical (unpaired) electrons. The monoisotopic (exact) mass is 292 g/mol. The molecule has 0 aliphatic carbocycles. The lowest BCUT2D eigenvalue weighted by Gasteiger charge is -1.97. The van der Waals surface area contributed by atoms with Gasteiger partial charge >= 0.3 is 0 Å². The number of aliphatic hydroxyl groups excluding tert-OH is 1. The fourth-order valence-electron chi connectivity index (χ4n) is 1.41. The number of anilines is 1. The summed E-state index contributed by atoms with van der Waals surface area (Å²) in [5.74, 6) is 5.23. The number of aliphatic hydroxyl groups is 1. The first-order valence-electron chi connectivity index (χ1n) is 5.54. The summed E-state index contributed by atoms with van der Waals surface area (Å²) in [7, 11) is 0. The van der Waals surface area contributed by atoms with Crippen LogP contribution in [0, 0.1) is 25.7 Å². The van der Waals surface area contributed by atoms with Crippen LogP contribution in [0.4, 0.5) is 5.13 Å². The molecule has 0 fully saturated rings. The van der Waals surface area contributed by atoms with Crippen LogP contribution in [0.3, 0.4) is 0 Å². The van der Waals surface area contributed by atoms with Crippen molar-refractivity contribution in [3.05, 3.63) is 32.5 Å². The highest BCUT2D eigenvalue weighted by Gasteiger charge is 2.13. The molecule has 2 rings (SSSR count). The van der Waals surface area contributed by atoms with Crippen molar-refractivity contribution < 1.29 is 9.90 Å². The number of carbonyl (C=O) groups is 1. The lowest BCUT2D eigenvalue weighted by Crippen LogP contribution is -2.09. The summed E-state index contributed by atoms with van der Waals surface area (Å²) in [5, 5.41) is 12.0. The Kier molecular flexibility index (Phi) is 4.32. The van der Waals surface area contributed by atoms with Crippen LogP contribution in [0.1, 0.15) is 25.0 Å². The van der Waals surface area contributed by atoms with Crippen LogP contribution in [0.5, 0.6) is 0 Å². The number of nitrogens with one attached hydrogen (secondary N) is 1. The van der Waals surface area contributed by atoms with E-state index < -0.39 is 0 Å². The van der Waals surface area contributed by atoms with E-state index in [1.807, 2.05) is 13.8 Å². The molecule has 6 heteroatoms. The average Bonchev–Trinajstić information content (AvgIpc) is 2.93. The van der Waals surface area contributed by atoms with Gasteiger partial charge in [0.15, 0.2) is 5.13 Å². The van der Waals surface area contributed by atoms with Crippen molar-refractivity contribution in [3.8, 4) is 11.8 Å². The maximum Gasteiger partial charge on any atom is 0.267 e. The van der Waals surface area contributed by atoms with E-state index in [1.165, 1.54) is 22.7 Å². The Morgan fingerprint density at radius 3 is 2.89 bits per heavy atom. The first kappa shape index (κ1) is 13.7. The second-order valence-electron chi connectivity index (χ2n) is 3.81. The van der Waals surface area contributed by atoms with Gasteiger partial charge in [-0.05, 0) is 25.5 Å². The Hall–Kier alpha value is -1.68. The molecule has 4 nitrogen and oxygen atoms in total. The number of nitrogens with zero attached hydrogens (tertiary/aromatic N) is 1. The quantitative estimate of drug-likeness (QED) is 0.836. The lowest BCUT2D eigenvalue weighted by atomic mass is 10.2. The second kappa shape index (κ2) is 5.97. The van der Waals surface area contributed by atoms with E-state index in [-0.39, 0.29) is 12.5 Å². The predicted molar refractivity (Wildman–Crippen MR) is 77.8 cm³/mol. The van der Waals surface area contributed by atoms with E-state index >= 15 is 0 Å². The summed E-state index contributed by atoms with van der Waals surface area (Å²) in [5.41, 5.74) is 0.936. The minimum absolute atomic E-state index is 0.181. The van der Waals surface area contributed by atoms with Crippen molar-refractivity contribution >= 4 is 33.7 Å². The van der Waals surface area contributed by atoms with E-state index in [9.17, 15) is 4.79 Å². The maximum absolute atomic E-state index is 12.0. The number of thiazole rings is 1. The van der Waals surface area contributed by atoms with Crippen LogP contribution in [0.15, 0.2) is 12.3 Å². The molecule has 98 valence electrons. The molecule has 2 aromatic rings. The minimum atomic E-state index is -0.183. The van der Waals surface area contributed by atoms with E-state index in [2.05, 4.69) is 22.1 Å². The molecule has 0 bridgehead atoms. The van der Waals surface area contributed by atoms with Crippen molar-refractivity contribution in [2.24, 2.45) is 0 Å². The highest BCUT2D eigenvalue weighted by Crippen LogP contribution is 2.23. The second-order valence-corrected chi connectivity index (χ2v) is 6.10. The van der Waals surface area contributed by atoms with Gasteiger partial charge in [0.2, 0.25) is 0 Å². The van der Waals surface area contributed by atoms with Crippen LogP contribution in [0.25, 0.3) is 0 Å². The van der Waals surface area contributed by atoms with E-state index in [4.69, 9.17) is 5.11 Å². The number of hydrogen-bond acceptors (Lipinski definition) is 5. The van der Waals surface area contributed by atoms with Gasteiger partial charge in [0.25, 0.3) is 5.91 Å². The normalized spacial score (nSPS) is 9.84. The summed E-state index contributed by atoms with van der Waals surface area (Å²) >= 11 is 2.75. The molecule has 2 N–H and O–H groups in total. The minimum Gasteiger partial charge on any atom is -0.384 e. The molecule has 0 unspecified atom stereocenters. The van der Waals surface area contributed by atoms with Crippen molar-refractivity contribution in [1.29, 1.82) is 0 Å². The molecule has 0 spiro atoms.